The third-order valence-electron chi connectivity index (χ3n) is 2.37. The van der Waals surface area contributed by atoms with Crippen molar-refractivity contribution in [3.05, 3.63) is 46.7 Å². The number of nitrogens with zero attached hydrogens (tertiary/aromatic N) is 2. The van der Waals surface area contributed by atoms with Crippen LogP contribution < -0.4 is 5.32 Å². The Balaban J connectivity index is 1.77. The fourth-order valence-electron chi connectivity index (χ4n) is 1.45. The Morgan fingerprint density at radius 3 is 3.06 bits per heavy atom. The van der Waals surface area contributed by atoms with Gasteiger partial charge in [-0.15, -0.1) is 11.3 Å². The number of aromatic nitrogens is 2. The van der Waals surface area contributed by atoms with Crippen LogP contribution in [0.1, 0.15) is 27.9 Å². The molecule has 0 saturated carbocycles. The molecule has 2 N–H and O–H groups in total. The second kappa shape index (κ2) is 6.23. The van der Waals surface area contributed by atoms with Crippen LogP contribution in [-0.2, 0) is 0 Å². The zero-order valence-corrected chi connectivity index (χ0v) is 10.4. The summed E-state index contributed by atoms with van der Waals surface area (Å²) in [5.74, 6) is -0.276. The van der Waals surface area contributed by atoms with E-state index in [1.54, 1.807) is 0 Å². The molecule has 0 aliphatic rings. The van der Waals surface area contributed by atoms with E-state index in [1.807, 2.05) is 17.5 Å². The number of hydrogen-bond donors (Lipinski definition) is 2. The maximum Gasteiger partial charge on any atom is 0.271 e. The van der Waals surface area contributed by atoms with Gasteiger partial charge < -0.3 is 10.4 Å². The number of thiophene rings is 1. The van der Waals surface area contributed by atoms with Crippen LogP contribution in [0.3, 0.4) is 0 Å². The summed E-state index contributed by atoms with van der Waals surface area (Å²) in [5, 5.41) is 14.4. The summed E-state index contributed by atoms with van der Waals surface area (Å²) in [7, 11) is 0. The molecule has 0 unspecified atom stereocenters. The van der Waals surface area contributed by atoms with Crippen molar-refractivity contribution in [3.63, 3.8) is 0 Å². The summed E-state index contributed by atoms with van der Waals surface area (Å²) >= 11 is 1.50. The van der Waals surface area contributed by atoms with Crippen molar-refractivity contribution in [2.45, 2.75) is 12.5 Å². The Morgan fingerprint density at radius 1 is 1.50 bits per heavy atom. The van der Waals surface area contributed by atoms with Gasteiger partial charge in [-0.3, -0.25) is 9.78 Å². The quantitative estimate of drug-likeness (QED) is 0.855. The fraction of sp³-hybridized carbons (Fsp3) is 0.250. The van der Waals surface area contributed by atoms with Crippen molar-refractivity contribution in [2.24, 2.45) is 0 Å². The molecule has 2 rings (SSSR count). The number of carbonyl (C=O) groups excluding carboxylic acids is 1. The molecule has 0 fully saturated rings. The third kappa shape index (κ3) is 3.35. The SMILES string of the molecule is O=C(NCC[C@@H](O)c1cccs1)c1cnccn1. The second-order valence-electron chi connectivity index (χ2n) is 3.67. The highest BCUT2D eigenvalue weighted by molar-refractivity contribution is 7.10. The van der Waals surface area contributed by atoms with Crippen molar-refractivity contribution in [1.82, 2.24) is 15.3 Å². The lowest BCUT2D eigenvalue weighted by atomic mass is 10.2. The van der Waals surface area contributed by atoms with Crippen molar-refractivity contribution in [2.75, 3.05) is 6.54 Å². The number of carbonyl (C=O) groups is 1. The van der Waals surface area contributed by atoms with Gasteiger partial charge in [0, 0.05) is 23.8 Å². The van der Waals surface area contributed by atoms with Crippen molar-refractivity contribution >= 4 is 17.2 Å². The number of amides is 1. The van der Waals surface area contributed by atoms with E-state index in [9.17, 15) is 9.90 Å². The van der Waals surface area contributed by atoms with Crippen LogP contribution in [0.25, 0.3) is 0 Å². The normalized spacial score (nSPS) is 12.1. The van der Waals surface area contributed by atoms with E-state index >= 15 is 0 Å². The second-order valence-corrected chi connectivity index (χ2v) is 4.65. The van der Waals surface area contributed by atoms with Crippen LogP contribution in [0.4, 0.5) is 0 Å². The van der Waals surface area contributed by atoms with Gasteiger partial charge in [0.05, 0.1) is 12.3 Å². The highest BCUT2D eigenvalue weighted by Crippen LogP contribution is 2.20. The topological polar surface area (TPSA) is 75.1 Å². The van der Waals surface area contributed by atoms with E-state index in [0.717, 1.165) is 4.88 Å². The fourth-order valence-corrected chi connectivity index (χ4v) is 2.20. The Bertz CT molecular complexity index is 487. The molecule has 0 aliphatic carbocycles. The number of hydrogen-bond acceptors (Lipinski definition) is 5. The number of rotatable bonds is 5. The Morgan fingerprint density at radius 2 is 2.39 bits per heavy atom. The van der Waals surface area contributed by atoms with E-state index in [1.165, 1.54) is 29.9 Å². The monoisotopic (exact) mass is 263 g/mol. The first-order valence-corrected chi connectivity index (χ1v) is 6.41. The molecule has 5 nitrogen and oxygen atoms in total. The van der Waals surface area contributed by atoms with E-state index in [2.05, 4.69) is 15.3 Å². The molecule has 0 aliphatic heterocycles. The summed E-state index contributed by atoms with van der Waals surface area (Å²) in [6.45, 7) is 0.397. The highest BCUT2D eigenvalue weighted by Gasteiger charge is 2.10. The first-order chi connectivity index (χ1) is 8.77. The summed E-state index contributed by atoms with van der Waals surface area (Å²) in [4.78, 5) is 20.2. The molecule has 0 aromatic carbocycles. The van der Waals surface area contributed by atoms with Gasteiger partial charge in [-0.1, -0.05) is 6.07 Å². The average Bonchev–Trinajstić information content (AvgIpc) is 2.93. The minimum Gasteiger partial charge on any atom is -0.388 e. The number of aliphatic hydroxyl groups is 1. The Labute approximate surface area is 109 Å². The molecular weight excluding hydrogens is 250 g/mol. The van der Waals surface area contributed by atoms with E-state index < -0.39 is 6.10 Å². The van der Waals surface area contributed by atoms with Crippen LogP contribution in [0, 0.1) is 0 Å². The molecule has 0 bridgehead atoms. The largest absolute Gasteiger partial charge is 0.388 e. The van der Waals surface area contributed by atoms with Crippen LogP contribution in [-0.4, -0.2) is 27.5 Å². The van der Waals surface area contributed by atoms with Crippen LogP contribution in [0.5, 0.6) is 0 Å². The van der Waals surface area contributed by atoms with Gasteiger partial charge in [0.25, 0.3) is 5.91 Å². The standard InChI is InChI=1S/C12H13N3O2S/c16-10(11-2-1-7-18-11)3-4-15-12(17)9-8-13-5-6-14-9/h1-2,5-8,10,16H,3-4H2,(H,15,17)/t10-/m1/s1. The third-order valence-corrected chi connectivity index (χ3v) is 3.34. The molecule has 18 heavy (non-hydrogen) atoms. The van der Waals surface area contributed by atoms with Gasteiger partial charge >= 0.3 is 0 Å². The van der Waals surface area contributed by atoms with Gasteiger partial charge in [-0.05, 0) is 17.9 Å². The lowest BCUT2D eigenvalue weighted by Gasteiger charge is -2.09. The first kappa shape index (κ1) is 12.7. The maximum atomic E-state index is 11.6. The molecule has 0 radical (unpaired) electrons. The molecule has 6 heteroatoms. The van der Waals surface area contributed by atoms with E-state index in [4.69, 9.17) is 0 Å². The highest BCUT2D eigenvalue weighted by atomic mass is 32.1. The van der Waals surface area contributed by atoms with Crippen molar-refractivity contribution < 1.29 is 9.90 Å². The maximum absolute atomic E-state index is 11.6. The van der Waals surface area contributed by atoms with Crippen LogP contribution in [0.15, 0.2) is 36.1 Å². The van der Waals surface area contributed by atoms with E-state index in [0.29, 0.717) is 13.0 Å². The van der Waals surface area contributed by atoms with Gasteiger partial charge in [0.1, 0.15) is 5.69 Å². The summed E-state index contributed by atoms with van der Waals surface area (Å²) in [6, 6.07) is 3.77. The molecule has 2 heterocycles. The predicted molar refractivity (Wildman–Crippen MR) is 68.3 cm³/mol. The first-order valence-electron chi connectivity index (χ1n) is 5.53. The number of aliphatic hydroxyl groups excluding tert-OH is 1. The minimum absolute atomic E-state index is 0.276. The predicted octanol–water partition coefficient (Wildman–Crippen LogP) is 1.39. The summed E-state index contributed by atoms with van der Waals surface area (Å²) in [6.07, 6.45) is 4.33. The van der Waals surface area contributed by atoms with Crippen molar-refractivity contribution in [1.29, 1.82) is 0 Å². The average molecular weight is 263 g/mol. The molecule has 2 aromatic rings. The van der Waals surface area contributed by atoms with Crippen LogP contribution >= 0.6 is 11.3 Å². The smallest absolute Gasteiger partial charge is 0.271 e. The molecule has 0 spiro atoms. The van der Waals surface area contributed by atoms with Gasteiger partial charge in [0.15, 0.2) is 0 Å². The number of nitrogens with one attached hydrogen (secondary N) is 1. The minimum atomic E-state index is -0.535. The van der Waals surface area contributed by atoms with Gasteiger partial charge in [-0.2, -0.15) is 0 Å². The summed E-state index contributed by atoms with van der Waals surface area (Å²) < 4.78 is 0. The lowest BCUT2D eigenvalue weighted by Crippen LogP contribution is -2.26. The molecular formula is C12H13N3O2S. The lowest BCUT2D eigenvalue weighted by molar-refractivity contribution is 0.0938. The van der Waals surface area contributed by atoms with Gasteiger partial charge in [-0.25, -0.2) is 4.98 Å². The van der Waals surface area contributed by atoms with Crippen molar-refractivity contribution in [3.8, 4) is 0 Å². The zero-order chi connectivity index (χ0) is 12.8. The molecule has 2 aromatic heterocycles. The van der Waals surface area contributed by atoms with E-state index in [-0.39, 0.29) is 11.6 Å². The van der Waals surface area contributed by atoms with Crippen LogP contribution in [0.2, 0.25) is 0 Å². The molecule has 1 atom stereocenters. The summed E-state index contributed by atoms with van der Waals surface area (Å²) in [5.41, 5.74) is 0.281. The molecule has 0 saturated heterocycles. The Kier molecular flexibility index (Phi) is 4.38. The molecule has 1 amide bonds. The Hall–Kier alpha value is -1.79. The zero-order valence-electron chi connectivity index (χ0n) is 9.61. The van der Waals surface area contributed by atoms with Gasteiger partial charge in [0.2, 0.25) is 0 Å². The molecule has 94 valence electrons.